The van der Waals surface area contributed by atoms with E-state index in [1.165, 1.54) is 0 Å². The third kappa shape index (κ3) is 3.61. The predicted molar refractivity (Wildman–Crippen MR) is 82.4 cm³/mol. The predicted octanol–water partition coefficient (Wildman–Crippen LogP) is 2.62. The molecule has 1 aromatic heterocycles. The average molecular weight is 295 g/mol. The Morgan fingerprint density at radius 2 is 2.05 bits per heavy atom. The highest BCUT2D eigenvalue weighted by Gasteiger charge is 2.17. The second-order valence-corrected chi connectivity index (χ2v) is 4.76. The molecular formula is C17H17N3O2. The van der Waals surface area contributed by atoms with E-state index in [-0.39, 0.29) is 5.91 Å². The van der Waals surface area contributed by atoms with Gasteiger partial charge in [-0.1, -0.05) is 12.1 Å². The zero-order valence-corrected chi connectivity index (χ0v) is 12.6. The molecule has 2 aromatic rings. The van der Waals surface area contributed by atoms with Gasteiger partial charge in [-0.2, -0.15) is 5.26 Å². The van der Waals surface area contributed by atoms with E-state index in [9.17, 15) is 4.79 Å². The van der Waals surface area contributed by atoms with Gasteiger partial charge in [-0.05, 0) is 36.8 Å². The lowest BCUT2D eigenvalue weighted by Crippen LogP contribution is -2.27. The number of pyridine rings is 1. The molecule has 0 radical (unpaired) electrons. The Morgan fingerprint density at radius 1 is 1.32 bits per heavy atom. The quantitative estimate of drug-likeness (QED) is 0.850. The van der Waals surface area contributed by atoms with Crippen LogP contribution in [-0.4, -0.2) is 29.4 Å². The summed E-state index contributed by atoms with van der Waals surface area (Å²) < 4.78 is 5.39. The van der Waals surface area contributed by atoms with E-state index in [2.05, 4.69) is 11.1 Å². The van der Waals surface area contributed by atoms with E-state index in [0.717, 1.165) is 5.56 Å². The van der Waals surface area contributed by atoms with Gasteiger partial charge in [0.25, 0.3) is 5.91 Å². The third-order valence-electron chi connectivity index (χ3n) is 3.13. The van der Waals surface area contributed by atoms with Gasteiger partial charge in [-0.3, -0.25) is 4.79 Å². The molecule has 5 heteroatoms. The molecule has 0 aliphatic rings. The fourth-order valence-electron chi connectivity index (χ4n) is 2.04. The molecule has 1 heterocycles. The van der Waals surface area contributed by atoms with Crippen LogP contribution in [0.2, 0.25) is 0 Å². The number of benzene rings is 1. The number of amides is 1. The van der Waals surface area contributed by atoms with Gasteiger partial charge in [-0.15, -0.1) is 0 Å². The van der Waals surface area contributed by atoms with Crippen LogP contribution in [0.1, 0.15) is 28.4 Å². The van der Waals surface area contributed by atoms with Crippen LogP contribution in [0.3, 0.4) is 0 Å². The minimum Gasteiger partial charge on any atom is -0.477 e. The van der Waals surface area contributed by atoms with E-state index in [1.807, 2.05) is 19.1 Å². The topological polar surface area (TPSA) is 66.2 Å². The average Bonchev–Trinajstić information content (AvgIpc) is 2.55. The van der Waals surface area contributed by atoms with Gasteiger partial charge in [0.2, 0.25) is 5.88 Å². The van der Waals surface area contributed by atoms with Crippen molar-refractivity contribution in [3.63, 3.8) is 0 Å². The van der Waals surface area contributed by atoms with Crippen LogP contribution in [0.4, 0.5) is 0 Å². The van der Waals surface area contributed by atoms with Gasteiger partial charge in [0.15, 0.2) is 0 Å². The third-order valence-corrected chi connectivity index (χ3v) is 3.13. The normalized spacial score (nSPS) is 9.86. The summed E-state index contributed by atoms with van der Waals surface area (Å²) >= 11 is 0. The first-order valence-corrected chi connectivity index (χ1v) is 6.98. The van der Waals surface area contributed by atoms with Crippen LogP contribution in [0, 0.1) is 11.3 Å². The Bertz CT molecular complexity index is 690. The van der Waals surface area contributed by atoms with Crippen molar-refractivity contribution < 1.29 is 9.53 Å². The number of nitriles is 1. The Hall–Kier alpha value is -2.87. The van der Waals surface area contributed by atoms with Crippen molar-refractivity contribution in [2.75, 3.05) is 13.7 Å². The first kappa shape index (κ1) is 15.5. The maximum Gasteiger partial charge on any atom is 0.259 e. The van der Waals surface area contributed by atoms with Crippen molar-refractivity contribution in [1.82, 2.24) is 9.88 Å². The zero-order valence-electron chi connectivity index (χ0n) is 12.6. The Labute approximate surface area is 129 Å². The van der Waals surface area contributed by atoms with Crippen LogP contribution in [0.5, 0.6) is 5.88 Å². The highest BCUT2D eigenvalue weighted by Crippen LogP contribution is 2.17. The van der Waals surface area contributed by atoms with Gasteiger partial charge in [0.1, 0.15) is 5.56 Å². The molecule has 5 nitrogen and oxygen atoms in total. The van der Waals surface area contributed by atoms with E-state index < -0.39 is 0 Å². The Kier molecular flexibility index (Phi) is 5.10. The molecule has 0 saturated heterocycles. The Balaban J connectivity index is 2.13. The number of hydrogen-bond acceptors (Lipinski definition) is 4. The van der Waals surface area contributed by atoms with Crippen molar-refractivity contribution >= 4 is 5.91 Å². The van der Waals surface area contributed by atoms with Gasteiger partial charge in [0.05, 0.1) is 18.2 Å². The molecule has 2 rings (SSSR count). The lowest BCUT2D eigenvalue weighted by Gasteiger charge is -2.18. The fraction of sp³-hybridized carbons (Fsp3) is 0.235. The van der Waals surface area contributed by atoms with Crippen LogP contribution in [0.15, 0.2) is 42.6 Å². The highest BCUT2D eigenvalue weighted by molar-refractivity contribution is 5.96. The lowest BCUT2D eigenvalue weighted by atomic mass is 10.1. The van der Waals surface area contributed by atoms with Crippen molar-refractivity contribution in [2.24, 2.45) is 0 Å². The summed E-state index contributed by atoms with van der Waals surface area (Å²) in [7, 11) is 1.73. The van der Waals surface area contributed by atoms with Gasteiger partial charge >= 0.3 is 0 Å². The molecule has 1 amide bonds. The molecule has 22 heavy (non-hydrogen) atoms. The minimum atomic E-state index is -0.152. The van der Waals surface area contributed by atoms with Gasteiger partial charge in [-0.25, -0.2) is 4.98 Å². The number of nitrogens with zero attached hydrogens (tertiary/aromatic N) is 3. The van der Waals surface area contributed by atoms with Gasteiger partial charge in [0, 0.05) is 19.8 Å². The summed E-state index contributed by atoms with van der Waals surface area (Å²) in [6.07, 6.45) is 1.60. The first-order chi connectivity index (χ1) is 10.7. The number of carbonyl (C=O) groups is 1. The van der Waals surface area contributed by atoms with Gasteiger partial charge < -0.3 is 9.64 Å². The molecule has 0 spiro atoms. The summed E-state index contributed by atoms with van der Waals surface area (Å²) in [6.45, 7) is 2.75. The molecule has 1 aromatic carbocycles. The minimum absolute atomic E-state index is 0.152. The fourth-order valence-corrected chi connectivity index (χ4v) is 2.04. The molecule has 0 bridgehead atoms. The van der Waals surface area contributed by atoms with Crippen LogP contribution < -0.4 is 4.74 Å². The van der Waals surface area contributed by atoms with E-state index >= 15 is 0 Å². The van der Waals surface area contributed by atoms with Crippen molar-refractivity contribution in [3.05, 3.63) is 59.3 Å². The van der Waals surface area contributed by atoms with Crippen LogP contribution in [-0.2, 0) is 6.54 Å². The molecular weight excluding hydrogens is 278 g/mol. The Morgan fingerprint density at radius 3 is 2.68 bits per heavy atom. The monoisotopic (exact) mass is 295 g/mol. The summed E-state index contributed by atoms with van der Waals surface area (Å²) in [5.74, 6) is 0.197. The molecule has 0 fully saturated rings. The zero-order chi connectivity index (χ0) is 15.9. The number of aromatic nitrogens is 1. The van der Waals surface area contributed by atoms with E-state index in [1.54, 1.807) is 42.4 Å². The maximum atomic E-state index is 12.5. The molecule has 0 unspecified atom stereocenters. The van der Waals surface area contributed by atoms with Crippen LogP contribution in [0.25, 0.3) is 0 Å². The standard InChI is InChI=1S/C17H17N3O2/c1-3-22-16-15(5-4-10-19-16)17(21)20(2)12-14-8-6-13(11-18)7-9-14/h4-10H,3,12H2,1-2H3. The van der Waals surface area contributed by atoms with E-state index in [4.69, 9.17) is 10.00 Å². The molecule has 0 aliphatic carbocycles. The number of rotatable bonds is 5. The van der Waals surface area contributed by atoms with E-state index in [0.29, 0.717) is 30.2 Å². The molecule has 0 aliphatic heterocycles. The molecule has 112 valence electrons. The number of ether oxygens (including phenoxy) is 1. The second kappa shape index (κ2) is 7.23. The molecule has 0 N–H and O–H groups in total. The van der Waals surface area contributed by atoms with Crippen molar-refractivity contribution in [1.29, 1.82) is 5.26 Å². The van der Waals surface area contributed by atoms with Crippen molar-refractivity contribution in [3.8, 4) is 11.9 Å². The first-order valence-electron chi connectivity index (χ1n) is 6.98. The lowest BCUT2D eigenvalue weighted by molar-refractivity contribution is 0.0780. The SMILES string of the molecule is CCOc1ncccc1C(=O)N(C)Cc1ccc(C#N)cc1. The summed E-state index contributed by atoms with van der Waals surface area (Å²) in [4.78, 5) is 18.2. The summed E-state index contributed by atoms with van der Waals surface area (Å²) in [5.41, 5.74) is 2.00. The molecule has 0 atom stereocenters. The number of hydrogen-bond donors (Lipinski definition) is 0. The van der Waals surface area contributed by atoms with Crippen molar-refractivity contribution in [2.45, 2.75) is 13.5 Å². The number of carbonyl (C=O) groups excluding carboxylic acids is 1. The highest BCUT2D eigenvalue weighted by atomic mass is 16.5. The maximum absolute atomic E-state index is 12.5. The largest absolute Gasteiger partial charge is 0.477 e. The van der Waals surface area contributed by atoms with Crippen LogP contribution >= 0.6 is 0 Å². The molecule has 0 saturated carbocycles. The second-order valence-electron chi connectivity index (χ2n) is 4.76. The smallest absolute Gasteiger partial charge is 0.259 e. The summed E-state index contributed by atoms with van der Waals surface area (Å²) in [5, 5.41) is 8.79. The summed E-state index contributed by atoms with van der Waals surface area (Å²) in [6, 6.07) is 12.7.